The number of hydrogen-bond acceptors (Lipinski definition) is 6. The summed E-state index contributed by atoms with van der Waals surface area (Å²) in [5, 5.41) is 8.99. The molecule has 0 bridgehead atoms. The zero-order chi connectivity index (χ0) is 15.5. The topological polar surface area (TPSA) is 110 Å². The van der Waals surface area contributed by atoms with Gasteiger partial charge in [-0.2, -0.15) is 4.72 Å². The van der Waals surface area contributed by atoms with Gasteiger partial charge in [0.15, 0.2) is 0 Å². The maximum atomic E-state index is 12.1. The molecule has 0 amide bonds. The normalized spacial score (nSPS) is 13.2. The minimum absolute atomic E-state index is 0.129. The number of carboxylic acids is 1. The third-order valence-corrected chi connectivity index (χ3v) is 5.45. The summed E-state index contributed by atoms with van der Waals surface area (Å²) in [6, 6.07) is 1.32. The van der Waals surface area contributed by atoms with Crippen molar-refractivity contribution < 1.29 is 27.9 Å². The van der Waals surface area contributed by atoms with E-state index in [-0.39, 0.29) is 9.09 Å². The van der Waals surface area contributed by atoms with Gasteiger partial charge in [-0.3, -0.25) is 4.79 Å². The maximum absolute atomic E-state index is 12.1. The second-order valence-corrected chi connectivity index (χ2v) is 7.32. The van der Waals surface area contributed by atoms with Crippen molar-refractivity contribution in [2.45, 2.75) is 24.1 Å². The van der Waals surface area contributed by atoms with Gasteiger partial charge in [0.25, 0.3) is 10.0 Å². The van der Waals surface area contributed by atoms with Gasteiger partial charge in [-0.05, 0) is 18.1 Å². The molecule has 0 aliphatic carbocycles. The first kappa shape index (κ1) is 16.6. The number of nitrogens with one attached hydrogen (secondary N) is 1. The number of carbonyl (C=O) groups is 2. The lowest BCUT2D eigenvalue weighted by Crippen LogP contribution is -2.43. The maximum Gasteiger partial charge on any atom is 0.348 e. The highest BCUT2D eigenvalue weighted by Gasteiger charge is 2.29. The van der Waals surface area contributed by atoms with Gasteiger partial charge in [-0.1, -0.05) is 13.8 Å². The molecule has 20 heavy (non-hydrogen) atoms. The Labute approximate surface area is 120 Å². The summed E-state index contributed by atoms with van der Waals surface area (Å²) in [5.41, 5.74) is 0. The molecular formula is C11H15NO6S2. The Hall–Kier alpha value is -1.45. The predicted octanol–water partition coefficient (Wildman–Crippen LogP) is 0.922. The molecule has 1 rings (SSSR count). The van der Waals surface area contributed by atoms with Gasteiger partial charge in [0.2, 0.25) is 0 Å². The van der Waals surface area contributed by atoms with E-state index in [4.69, 9.17) is 5.11 Å². The zero-order valence-corrected chi connectivity index (χ0v) is 12.7. The SMILES string of the molecule is COC(=O)c1ccc(S(=O)(=O)N[C@@H](C(=O)O)C(C)C)s1. The highest BCUT2D eigenvalue weighted by molar-refractivity contribution is 7.91. The fourth-order valence-electron chi connectivity index (χ4n) is 1.37. The standard InChI is InChI=1S/C11H15NO6S2/c1-6(2)9(10(13)14)12-20(16,17)8-5-4-7(19-8)11(15)18-3/h4-6,9,12H,1-3H3,(H,13,14)/t9-/m1/s1. The summed E-state index contributed by atoms with van der Waals surface area (Å²) in [6.07, 6.45) is 0. The number of aliphatic carboxylic acids is 1. The molecule has 1 atom stereocenters. The molecule has 0 fully saturated rings. The van der Waals surface area contributed by atoms with Crippen LogP contribution in [0.5, 0.6) is 0 Å². The van der Waals surface area contributed by atoms with Gasteiger partial charge in [0.05, 0.1) is 7.11 Å². The van der Waals surface area contributed by atoms with Crippen molar-refractivity contribution in [1.82, 2.24) is 4.72 Å². The van der Waals surface area contributed by atoms with E-state index in [1.165, 1.54) is 19.2 Å². The van der Waals surface area contributed by atoms with Crippen LogP contribution in [0, 0.1) is 5.92 Å². The fraction of sp³-hybridized carbons (Fsp3) is 0.455. The minimum Gasteiger partial charge on any atom is -0.480 e. The van der Waals surface area contributed by atoms with Gasteiger partial charge in [0, 0.05) is 0 Å². The van der Waals surface area contributed by atoms with Gasteiger partial charge >= 0.3 is 11.9 Å². The van der Waals surface area contributed by atoms with Crippen molar-refractivity contribution in [3.63, 3.8) is 0 Å². The summed E-state index contributed by atoms with van der Waals surface area (Å²) in [4.78, 5) is 22.4. The monoisotopic (exact) mass is 321 g/mol. The van der Waals surface area contributed by atoms with E-state index in [0.29, 0.717) is 0 Å². The second-order valence-electron chi connectivity index (χ2n) is 4.29. The largest absolute Gasteiger partial charge is 0.480 e. The Kier molecular flexibility index (Phi) is 5.26. The smallest absolute Gasteiger partial charge is 0.348 e. The van der Waals surface area contributed by atoms with Gasteiger partial charge in [0.1, 0.15) is 15.1 Å². The van der Waals surface area contributed by atoms with Gasteiger partial charge in [-0.25, -0.2) is 13.2 Å². The van der Waals surface area contributed by atoms with Gasteiger partial charge in [-0.15, -0.1) is 11.3 Å². The molecular weight excluding hydrogens is 306 g/mol. The van der Waals surface area contributed by atoms with Crippen LogP contribution in [0.4, 0.5) is 0 Å². The fourth-order valence-corrected chi connectivity index (χ4v) is 3.95. The molecule has 0 saturated heterocycles. The Balaban J connectivity index is 3.02. The van der Waals surface area contributed by atoms with Crippen molar-refractivity contribution in [2.24, 2.45) is 5.92 Å². The molecule has 9 heteroatoms. The first-order valence-electron chi connectivity index (χ1n) is 5.62. The van der Waals surface area contributed by atoms with Crippen LogP contribution in [-0.2, 0) is 19.6 Å². The highest BCUT2D eigenvalue weighted by Crippen LogP contribution is 2.23. The van der Waals surface area contributed by atoms with Crippen molar-refractivity contribution >= 4 is 33.3 Å². The zero-order valence-electron chi connectivity index (χ0n) is 11.1. The third-order valence-electron chi connectivity index (χ3n) is 2.45. The number of thiophene rings is 1. The second kappa shape index (κ2) is 6.33. The number of rotatable bonds is 6. The van der Waals surface area contributed by atoms with Crippen LogP contribution in [0.3, 0.4) is 0 Å². The van der Waals surface area contributed by atoms with Crippen molar-refractivity contribution in [1.29, 1.82) is 0 Å². The number of hydrogen-bond donors (Lipinski definition) is 2. The molecule has 112 valence electrons. The molecule has 2 N–H and O–H groups in total. The number of ether oxygens (including phenoxy) is 1. The van der Waals surface area contributed by atoms with Crippen molar-refractivity contribution in [3.05, 3.63) is 17.0 Å². The van der Waals surface area contributed by atoms with Crippen LogP contribution in [0.1, 0.15) is 23.5 Å². The average molecular weight is 321 g/mol. The lowest BCUT2D eigenvalue weighted by atomic mass is 10.1. The Bertz CT molecular complexity index is 604. The summed E-state index contributed by atoms with van der Waals surface area (Å²) >= 11 is 0.720. The highest BCUT2D eigenvalue weighted by atomic mass is 32.2. The van der Waals surface area contributed by atoms with Crippen molar-refractivity contribution in [3.8, 4) is 0 Å². The molecule has 1 aromatic heterocycles. The molecule has 0 unspecified atom stereocenters. The lowest BCUT2D eigenvalue weighted by molar-refractivity contribution is -0.140. The van der Waals surface area contributed by atoms with E-state index in [1.807, 2.05) is 0 Å². The van der Waals surface area contributed by atoms with Crippen LogP contribution < -0.4 is 4.72 Å². The summed E-state index contributed by atoms with van der Waals surface area (Å²) in [6.45, 7) is 3.19. The number of carboxylic acid groups (broad SMARTS) is 1. The number of sulfonamides is 1. The molecule has 0 saturated carbocycles. The van der Waals surface area contributed by atoms with E-state index in [0.717, 1.165) is 11.3 Å². The first-order valence-corrected chi connectivity index (χ1v) is 7.92. The summed E-state index contributed by atoms with van der Waals surface area (Å²) in [7, 11) is -2.80. The molecule has 1 aromatic rings. The van der Waals surface area contributed by atoms with E-state index >= 15 is 0 Å². The van der Waals surface area contributed by atoms with E-state index in [9.17, 15) is 18.0 Å². The van der Waals surface area contributed by atoms with Crippen molar-refractivity contribution in [2.75, 3.05) is 7.11 Å². The molecule has 0 aliphatic heterocycles. The van der Waals surface area contributed by atoms with E-state index in [1.54, 1.807) is 13.8 Å². The average Bonchev–Trinajstić information content (AvgIpc) is 2.84. The van der Waals surface area contributed by atoms with Crippen LogP contribution >= 0.6 is 11.3 Å². The first-order chi connectivity index (χ1) is 9.19. The lowest BCUT2D eigenvalue weighted by Gasteiger charge is -2.17. The Morgan fingerprint density at radius 1 is 1.35 bits per heavy atom. The summed E-state index contributed by atoms with van der Waals surface area (Å²) in [5.74, 6) is -2.31. The van der Waals surface area contributed by atoms with Crippen LogP contribution in [-0.4, -0.2) is 38.6 Å². The Morgan fingerprint density at radius 3 is 2.40 bits per heavy atom. The van der Waals surface area contributed by atoms with Crippen LogP contribution in [0.15, 0.2) is 16.3 Å². The minimum atomic E-state index is -3.99. The molecule has 0 aliphatic rings. The predicted molar refractivity (Wildman–Crippen MR) is 72.2 cm³/mol. The number of carbonyl (C=O) groups excluding carboxylic acids is 1. The summed E-state index contributed by atoms with van der Waals surface area (Å²) < 4.78 is 30.6. The van der Waals surface area contributed by atoms with E-state index in [2.05, 4.69) is 9.46 Å². The van der Waals surface area contributed by atoms with Crippen LogP contribution in [0.25, 0.3) is 0 Å². The molecule has 0 aromatic carbocycles. The molecule has 1 heterocycles. The molecule has 0 spiro atoms. The third kappa shape index (κ3) is 3.78. The van der Waals surface area contributed by atoms with Gasteiger partial charge < -0.3 is 9.84 Å². The molecule has 7 nitrogen and oxygen atoms in total. The Morgan fingerprint density at radius 2 is 1.95 bits per heavy atom. The number of methoxy groups -OCH3 is 1. The van der Waals surface area contributed by atoms with Crippen LogP contribution in [0.2, 0.25) is 0 Å². The quantitative estimate of drug-likeness (QED) is 0.754. The molecule has 0 radical (unpaired) electrons. The number of esters is 1. The van der Waals surface area contributed by atoms with E-state index < -0.39 is 33.9 Å².